The first-order valence-electron chi connectivity index (χ1n) is 7.00. The van der Waals surface area contributed by atoms with Gasteiger partial charge in [0.1, 0.15) is 5.75 Å². The zero-order valence-corrected chi connectivity index (χ0v) is 13.3. The zero-order chi connectivity index (χ0) is 15.1. The van der Waals surface area contributed by atoms with Crippen LogP contribution in [0.3, 0.4) is 0 Å². The number of esters is 1. The molecular weight excluding hydrogens is 308 g/mol. The number of hydrogen-bond acceptors (Lipinski definition) is 5. The minimum absolute atomic E-state index is 0. The van der Waals surface area contributed by atoms with Crippen molar-refractivity contribution in [2.75, 3.05) is 32.1 Å². The molecule has 0 aliphatic carbocycles. The number of piperidine rings is 1. The molecule has 2 rings (SSSR count). The molecule has 1 aliphatic rings. The number of nitrogens with one attached hydrogen (secondary N) is 2. The van der Waals surface area contributed by atoms with E-state index in [1.807, 2.05) is 0 Å². The highest BCUT2D eigenvalue weighted by Crippen LogP contribution is 2.18. The Morgan fingerprint density at radius 3 is 2.64 bits per heavy atom. The predicted molar refractivity (Wildman–Crippen MR) is 85.4 cm³/mol. The molecule has 1 heterocycles. The molecule has 1 atom stereocenters. The second-order valence-electron chi connectivity index (χ2n) is 4.92. The summed E-state index contributed by atoms with van der Waals surface area (Å²) in [5, 5.41) is 6.11. The van der Waals surface area contributed by atoms with Gasteiger partial charge in [0.05, 0.1) is 13.0 Å². The van der Waals surface area contributed by atoms with Crippen LogP contribution < -0.4 is 15.4 Å². The van der Waals surface area contributed by atoms with Crippen molar-refractivity contribution in [1.29, 1.82) is 0 Å². The van der Waals surface area contributed by atoms with E-state index >= 15 is 0 Å². The molecule has 1 aliphatic heterocycles. The number of anilines is 1. The van der Waals surface area contributed by atoms with Gasteiger partial charge in [-0.25, -0.2) is 4.79 Å². The van der Waals surface area contributed by atoms with Gasteiger partial charge in [0.2, 0.25) is 5.91 Å². The van der Waals surface area contributed by atoms with Crippen molar-refractivity contribution in [3.8, 4) is 5.75 Å². The van der Waals surface area contributed by atoms with Crippen LogP contribution in [0.2, 0.25) is 0 Å². The highest BCUT2D eigenvalue weighted by atomic mass is 35.5. The van der Waals surface area contributed by atoms with Crippen molar-refractivity contribution in [2.24, 2.45) is 5.92 Å². The smallest absolute Gasteiger partial charge is 0.343 e. The maximum Gasteiger partial charge on any atom is 0.343 e. The Kier molecular flexibility index (Phi) is 7.70. The molecule has 6 nitrogen and oxygen atoms in total. The lowest BCUT2D eigenvalue weighted by molar-refractivity contribution is -0.142. The Labute approximate surface area is 136 Å². The number of methoxy groups -OCH3 is 1. The van der Waals surface area contributed by atoms with Crippen LogP contribution in [-0.4, -0.2) is 38.7 Å². The fraction of sp³-hybridized carbons (Fsp3) is 0.467. The Hall–Kier alpha value is -1.79. The monoisotopic (exact) mass is 328 g/mol. The third-order valence-corrected chi connectivity index (χ3v) is 3.37. The van der Waals surface area contributed by atoms with E-state index in [1.54, 1.807) is 24.3 Å². The first-order valence-corrected chi connectivity index (χ1v) is 7.00. The summed E-state index contributed by atoms with van der Waals surface area (Å²) < 4.78 is 9.73. The number of hydrogen-bond donors (Lipinski definition) is 2. The van der Waals surface area contributed by atoms with E-state index in [-0.39, 0.29) is 30.8 Å². The fourth-order valence-corrected chi connectivity index (χ4v) is 2.16. The van der Waals surface area contributed by atoms with Crippen molar-refractivity contribution >= 4 is 30.0 Å². The van der Waals surface area contributed by atoms with Crippen molar-refractivity contribution in [3.63, 3.8) is 0 Å². The molecule has 1 unspecified atom stereocenters. The molecular formula is C15H21ClN2O4. The number of ether oxygens (including phenoxy) is 2. The van der Waals surface area contributed by atoms with Crippen LogP contribution >= 0.6 is 12.4 Å². The van der Waals surface area contributed by atoms with Crippen molar-refractivity contribution in [2.45, 2.75) is 12.8 Å². The molecule has 1 fully saturated rings. The molecule has 1 aromatic rings. The Balaban J connectivity index is 0.00000242. The second-order valence-corrected chi connectivity index (χ2v) is 4.92. The summed E-state index contributed by atoms with van der Waals surface area (Å²) in [5.41, 5.74) is 0.719. The first-order chi connectivity index (χ1) is 10.2. The van der Waals surface area contributed by atoms with Gasteiger partial charge < -0.3 is 20.1 Å². The number of carbonyl (C=O) groups excluding carboxylic acids is 2. The second kappa shape index (κ2) is 9.27. The molecule has 1 saturated heterocycles. The molecule has 22 heavy (non-hydrogen) atoms. The number of halogens is 1. The summed E-state index contributed by atoms with van der Waals surface area (Å²) in [6, 6.07) is 6.91. The normalized spacial score (nSPS) is 17.0. The lowest BCUT2D eigenvalue weighted by atomic mass is 9.99. The highest BCUT2D eigenvalue weighted by molar-refractivity contribution is 5.92. The van der Waals surface area contributed by atoms with E-state index in [0.717, 1.165) is 31.6 Å². The molecule has 2 N–H and O–H groups in total. The van der Waals surface area contributed by atoms with E-state index in [9.17, 15) is 9.59 Å². The van der Waals surface area contributed by atoms with E-state index in [4.69, 9.17) is 4.74 Å². The zero-order valence-electron chi connectivity index (χ0n) is 12.5. The van der Waals surface area contributed by atoms with Gasteiger partial charge >= 0.3 is 5.97 Å². The van der Waals surface area contributed by atoms with Gasteiger partial charge in [0.25, 0.3) is 0 Å². The van der Waals surface area contributed by atoms with E-state index < -0.39 is 5.97 Å². The molecule has 7 heteroatoms. The summed E-state index contributed by atoms with van der Waals surface area (Å²) in [7, 11) is 1.31. The average Bonchev–Trinajstić information content (AvgIpc) is 2.54. The van der Waals surface area contributed by atoms with E-state index in [0.29, 0.717) is 5.75 Å². The summed E-state index contributed by atoms with van der Waals surface area (Å²) in [6.07, 6.45) is 1.94. The Morgan fingerprint density at radius 2 is 2.05 bits per heavy atom. The van der Waals surface area contributed by atoms with Crippen molar-refractivity contribution in [1.82, 2.24) is 5.32 Å². The van der Waals surface area contributed by atoms with Gasteiger partial charge in [-0.3, -0.25) is 4.79 Å². The van der Waals surface area contributed by atoms with Gasteiger partial charge in [-0.1, -0.05) is 0 Å². The minimum Gasteiger partial charge on any atom is -0.482 e. The van der Waals surface area contributed by atoms with Crippen LogP contribution in [0.5, 0.6) is 5.75 Å². The van der Waals surface area contributed by atoms with Gasteiger partial charge in [-0.05, 0) is 43.7 Å². The lowest BCUT2D eigenvalue weighted by Gasteiger charge is -2.21. The van der Waals surface area contributed by atoms with Gasteiger partial charge in [0, 0.05) is 12.2 Å². The Morgan fingerprint density at radius 1 is 1.32 bits per heavy atom. The maximum absolute atomic E-state index is 12.1. The molecule has 0 radical (unpaired) electrons. The molecule has 1 amide bonds. The quantitative estimate of drug-likeness (QED) is 0.803. The van der Waals surface area contributed by atoms with Crippen LogP contribution in [0.1, 0.15) is 12.8 Å². The fourth-order valence-electron chi connectivity index (χ4n) is 2.16. The maximum atomic E-state index is 12.1. The van der Waals surface area contributed by atoms with Gasteiger partial charge in [0.15, 0.2) is 6.61 Å². The van der Waals surface area contributed by atoms with Crippen LogP contribution in [0.15, 0.2) is 24.3 Å². The standard InChI is InChI=1S/C15H20N2O4.ClH/c1-20-14(18)10-21-13-6-4-12(5-7-13)17-15(19)11-3-2-8-16-9-11;/h4-7,11,16H,2-3,8-10H2,1H3,(H,17,19);1H. The summed E-state index contributed by atoms with van der Waals surface area (Å²) in [6.45, 7) is 1.58. The Bertz CT molecular complexity index is 487. The number of benzene rings is 1. The molecule has 0 bridgehead atoms. The molecule has 0 spiro atoms. The number of amides is 1. The van der Waals surface area contributed by atoms with Crippen molar-refractivity contribution < 1.29 is 19.1 Å². The van der Waals surface area contributed by atoms with Gasteiger partial charge in [-0.15, -0.1) is 12.4 Å². The SMILES string of the molecule is COC(=O)COc1ccc(NC(=O)C2CCCNC2)cc1.Cl. The number of rotatable bonds is 5. The molecule has 1 aromatic carbocycles. The summed E-state index contributed by atoms with van der Waals surface area (Å²) in [4.78, 5) is 23.0. The highest BCUT2D eigenvalue weighted by Gasteiger charge is 2.20. The van der Waals surface area contributed by atoms with Crippen LogP contribution in [-0.2, 0) is 14.3 Å². The largest absolute Gasteiger partial charge is 0.482 e. The predicted octanol–water partition coefficient (Wildman–Crippen LogP) is 1.60. The van der Waals surface area contributed by atoms with Crippen LogP contribution in [0, 0.1) is 5.92 Å². The minimum atomic E-state index is -0.433. The van der Waals surface area contributed by atoms with Crippen molar-refractivity contribution in [3.05, 3.63) is 24.3 Å². The number of carbonyl (C=O) groups is 2. The summed E-state index contributed by atoms with van der Waals surface area (Å²) >= 11 is 0. The van der Waals surface area contributed by atoms with E-state index in [2.05, 4.69) is 15.4 Å². The third-order valence-electron chi connectivity index (χ3n) is 3.37. The third kappa shape index (κ3) is 5.54. The molecule has 0 saturated carbocycles. The van der Waals surface area contributed by atoms with Crippen LogP contribution in [0.25, 0.3) is 0 Å². The van der Waals surface area contributed by atoms with Crippen LogP contribution in [0.4, 0.5) is 5.69 Å². The van der Waals surface area contributed by atoms with Gasteiger partial charge in [-0.2, -0.15) is 0 Å². The first kappa shape index (κ1) is 18.3. The molecule has 122 valence electrons. The molecule has 0 aromatic heterocycles. The topological polar surface area (TPSA) is 76.7 Å². The summed E-state index contributed by atoms with van der Waals surface area (Å²) in [5.74, 6) is 0.175. The lowest BCUT2D eigenvalue weighted by Crippen LogP contribution is -2.37. The van der Waals surface area contributed by atoms with E-state index in [1.165, 1.54) is 7.11 Å². The average molecular weight is 329 g/mol.